The molecule has 0 radical (unpaired) electrons. The Morgan fingerprint density at radius 3 is 2.63 bits per heavy atom. The molecule has 1 aromatic carbocycles. The van der Waals surface area contributed by atoms with E-state index in [0.29, 0.717) is 5.95 Å². The molecule has 1 heterocycles. The van der Waals surface area contributed by atoms with Crippen LogP contribution in [0, 0.1) is 0 Å². The fourth-order valence-electron chi connectivity index (χ4n) is 1.93. The van der Waals surface area contributed by atoms with Crippen molar-refractivity contribution in [2.75, 3.05) is 17.3 Å². The summed E-state index contributed by atoms with van der Waals surface area (Å²) in [6, 6.07) is 9.49. The summed E-state index contributed by atoms with van der Waals surface area (Å²) in [4.78, 5) is 4.22. The SMILES string of the molecule is CC(CS(C)(=O)=O)n1ccnc1Nc1ccccc1. The quantitative estimate of drug-likeness (QED) is 0.911. The van der Waals surface area contributed by atoms with Gasteiger partial charge in [0.2, 0.25) is 5.95 Å². The maximum Gasteiger partial charge on any atom is 0.207 e. The van der Waals surface area contributed by atoms with Crippen molar-refractivity contribution < 1.29 is 8.42 Å². The second-order valence-corrected chi connectivity index (χ2v) is 6.78. The van der Waals surface area contributed by atoms with Crippen LogP contribution in [0.1, 0.15) is 13.0 Å². The molecule has 0 saturated carbocycles. The first-order chi connectivity index (χ1) is 8.96. The fraction of sp³-hybridized carbons (Fsp3) is 0.308. The zero-order valence-corrected chi connectivity index (χ0v) is 11.8. The Hall–Kier alpha value is -1.82. The monoisotopic (exact) mass is 279 g/mol. The van der Waals surface area contributed by atoms with E-state index in [4.69, 9.17) is 0 Å². The highest BCUT2D eigenvalue weighted by Gasteiger charge is 2.15. The molecule has 0 aliphatic rings. The van der Waals surface area contributed by atoms with Crippen LogP contribution < -0.4 is 5.32 Å². The Labute approximate surface area is 113 Å². The molecule has 0 amide bonds. The number of hydrogen-bond acceptors (Lipinski definition) is 4. The number of imidazole rings is 1. The smallest absolute Gasteiger partial charge is 0.207 e. The minimum Gasteiger partial charge on any atom is -0.326 e. The highest BCUT2D eigenvalue weighted by Crippen LogP contribution is 2.19. The highest BCUT2D eigenvalue weighted by molar-refractivity contribution is 7.90. The minimum atomic E-state index is -3.02. The van der Waals surface area contributed by atoms with Crippen molar-refractivity contribution in [3.63, 3.8) is 0 Å². The lowest BCUT2D eigenvalue weighted by Crippen LogP contribution is -2.17. The Morgan fingerprint density at radius 1 is 1.32 bits per heavy atom. The van der Waals surface area contributed by atoms with E-state index in [9.17, 15) is 8.42 Å². The summed E-state index contributed by atoms with van der Waals surface area (Å²) in [6.45, 7) is 1.86. The van der Waals surface area contributed by atoms with Crippen molar-refractivity contribution in [3.8, 4) is 0 Å². The largest absolute Gasteiger partial charge is 0.326 e. The van der Waals surface area contributed by atoms with Gasteiger partial charge in [0.15, 0.2) is 0 Å². The molecular formula is C13H17N3O2S. The van der Waals surface area contributed by atoms with Crippen molar-refractivity contribution in [2.24, 2.45) is 0 Å². The number of benzene rings is 1. The average molecular weight is 279 g/mol. The minimum absolute atomic E-state index is 0.0901. The van der Waals surface area contributed by atoms with Gasteiger partial charge in [0.05, 0.1) is 5.75 Å². The summed E-state index contributed by atoms with van der Waals surface area (Å²) in [5.41, 5.74) is 0.918. The van der Waals surface area contributed by atoms with Gasteiger partial charge in [-0.15, -0.1) is 0 Å². The van der Waals surface area contributed by atoms with Crippen LogP contribution >= 0.6 is 0 Å². The Bertz CT molecular complexity index is 635. The third-order valence-electron chi connectivity index (χ3n) is 2.72. The standard InChI is InChI=1S/C13H17N3O2S/c1-11(10-19(2,17)18)16-9-8-14-13(16)15-12-6-4-3-5-7-12/h3-9,11H,10H2,1-2H3,(H,14,15). The molecule has 1 aromatic heterocycles. The van der Waals surface area contributed by atoms with E-state index >= 15 is 0 Å². The van der Waals surface area contributed by atoms with Crippen LogP contribution in [0.5, 0.6) is 0 Å². The predicted molar refractivity (Wildman–Crippen MR) is 76.4 cm³/mol. The molecule has 0 spiro atoms. The van der Waals surface area contributed by atoms with Crippen LogP contribution in [0.4, 0.5) is 11.6 Å². The van der Waals surface area contributed by atoms with E-state index in [0.717, 1.165) is 5.69 Å². The normalized spacial score (nSPS) is 13.2. The molecule has 0 fully saturated rings. The van der Waals surface area contributed by atoms with E-state index in [1.54, 1.807) is 12.4 Å². The second kappa shape index (κ2) is 5.44. The maximum atomic E-state index is 11.4. The summed E-state index contributed by atoms with van der Waals surface area (Å²) >= 11 is 0. The number of anilines is 2. The van der Waals surface area contributed by atoms with E-state index < -0.39 is 9.84 Å². The van der Waals surface area contributed by atoms with Gasteiger partial charge in [-0.25, -0.2) is 13.4 Å². The number of aromatic nitrogens is 2. The number of nitrogens with one attached hydrogen (secondary N) is 1. The van der Waals surface area contributed by atoms with Gasteiger partial charge in [-0.05, 0) is 19.1 Å². The lowest BCUT2D eigenvalue weighted by atomic mass is 10.3. The molecular weight excluding hydrogens is 262 g/mol. The van der Waals surface area contributed by atoms with E-state index in [1.807, 2.05) is 41.8 Å². The molecule has 0 saturated heterocycles. The van der Waals surface area contributed by atoms with Crippen molar-refractivity contribution in [2.45, 2.75) is 13.0 Å². The molecule has 2 aromatic rings. The third kappa shape index (κ3) is 3.82. The number of hydrogen-bond donors (Lipinski definition) is 1. The van der Waals surface area contributed by atoms with Crippen molar-refractivity contribution >= 4 is 21.5 Å². The number of para-hydroxylation sites is 1. The molecule has 5 nitrogen and oxygen atoms in total. The van der Waals surface area contributed by atoms with E-state index in [2.05, 4.69) is 10.3 Å². The summed E-state index contributed by atoms with van der Waals surface area (Å²) in [5.74, 6) is 0.731. The van der Waals surface area contributed by atoms with Gasteiger partial charge in [-0.2, -0.15) is 0 Å². The zero-order valence-electron chi connectivity index (χ0n) is 10.9. The van der Waals surface area contributed by atoms with Gasteiger partial charge in [-0.1, -0.05) is 18.2 Å². The van der Waals surface area contributed by atoms with Crippen LogP contribution in [0.3, 0.4) is 0 Å². The van der Waals surface area contributed by atoms with Crippen molar-refractivity contribution in [1.82, 2.24) is 9.55 Å². The first kappa shape index (κ1) is 13.6. The van der Waals surface area contributed by atoms with Crippen LogP contribution in [0.25, 0.3) is 0 Å². The van der Waals surface area contributed by atoms with E-state index in [-0.39, 0.29) is 11.8 Å². The molecule has 1 unspecified atom stereocenters. The zero-order chi connectivity index (χ0) is 13.9. The molecule has 19 heavy (non-hydrogen) atoms. The first-order valence-corrected chi connectivity index (χ1v) is 8.04. The Morgan fingerprint density at radius 2 is 2.00 bits per heavy atom. The second-order valence-electron chi connectivity index (χ2n) is 4.59. The summed E-state index contributed by atoms with van der Waals surface area (Å²) in [5, 5.41) is 3.18. The Kier molecular flexibility index (Phi) is 3.90. The number of nitrogens with zero attached hydrogens (tertiary/aromatic N) is 2. The van der Waals surface area contributed by atoms with Crippen LogP contribution in [0.2, 0.25) is 0 Å². The molecule has 1 N–H and O–H groups in total. The fourth-order valence-corrected chi connectivity index (χ4v) is 2.97. The van der Waals surface area contributed by atoms with Gasteiger partial charge >= 0.3 is 0 Å². The summed E-state index contributed by atoms with van der Waals surface area (Å²) < 4.78 is 24.5. The van der Waals surface area contributed by atoms with E-state index in [1.165, 1.54) is 6.26 Å². The third-order valence-corrected chi connectivity index (χ3v) is 3.81. The predicted octanol–water partition coefficient (Wildman–Crippen LogP) is 2.23. The summed E-state index contributed by atoms with van der Waals surface area (Å²) in [7, 11) is -3.02. The van der Waals surface area contributed by atoms with Crippen molar-refractivity contribution in [1.29, 1.82) is 0 Å². The van der Waals surface area contributed by atoms with Gasteiger partial charge < -0.3 is 9.88 Å². The number of sulfone groups is 1. The molecule has 6 heteroatoms. The average Bonchev–Trinajstić information content (AvgIpc) is 2.76. The van der Waals surface area contributed by atoms with Gasteiger partial charge in [0.1, 0.15) is 9.84 Å². The van der Waals surface area contributed by atoms with Crippen LogP contribution in [-0.2, 0) is 9.84 Å². The van der Waals surface area contributed by atoms with Crippen LogP contribution in [-0.4, -0.2) is 30.0 Å². The highest BCUT2D eigenvalue weighted by atomic mass is 32.2. The van der Waals surface area contributed by atoms with Crippen LogP contribution in [0.15, 0.2) is 42.7 Å². The van der Waals surface area contributed by atoms with Gasteiger partial charge in [0, 0.05) is 30.4 Å². The van der Waals surface area contributed by atoms with Gasteiger partial charge in [-0.3, -0.25) is 0 Å². The first-order valence-electron chi connectivity index (χ1n) is 5.98. The molecule has 2 rings (SSSR count). The molecule has 0 aliphatic heterocycles. The molecule has 102 valence electrons. The lowest BCUT2D eigenvalue weighted by molar-refractivity contribution is 0.565. The van der Waals surface area contributed by atoms with Gasteiger partial charge in [0.25, 0.3) is 0 Å². The topological polar surface area (TPSA) is 64.0 Å². The number of rotatable bonds is 5. The maximum absolute atomic E-state index is 11.4. The van der Waals surface area contributed by atoms with Crippen molar-refractivity contribution in [3.05, 3.63) is 42.7 Å². The molecule has 0 aliphatic carbocycles. The molecule has 0 bridgehead atoms. The Balaban J connectivity index is 2.18. The summed E-state index contributed by atoms with van der Waals surface area (Å²) in [6.07, 6.45) is 4.68. The molecule has 1 atom stereocenters. The lowest BCUT2D eigenvalue weighted by Gasteiger charge is -2.16.